The van der Waals surface area contributed by atoms with E-state index in [-0.39, 0.29) is 0 Å². The molecular formula is C16H16ClN3O. The van der Waals surface area contributed by atoms with Crippen LogP contribution in [-0.2, 0) is 12.4 Å². The molecule has 0 aliphatic carbocycles. The third-order valence-corrected chi connectivity index (χ3v) is 3.66. The van der Waals surface area contributed by atoms with Crippen LogP contribution in [0.5, 0.6) is 5.75 Å². The van der Waals surface area contributed by atoms with Gasteiger partial charge >= 0.3 is 0 Å². The fraction of sp³-hybridized carbons (Fsp3) is 0.250. The molecule has 0 fully saturated rings. The van der Waals surface area contributed by atoms with Crippen LogP contribution in [-0.4, -0.2) is 21.6 Å². The lowest BCUT2D eigenvalue weighted by Crippen LogP contribution is -2.04. The predicted octanol–water partition coefficient (Wildman–Crippen LogP) is 3.54. The molecule has 21 heavy (non-hydrogen) atoms. The van der Waals surface area contributed by atoms with Crippen LogP contribution in [0.25, 0.3) is 11.2 Å². The lowest BCUT2D eigenvalue weighted by Gasteiger charge is -2.08. The number of halogens is 1. The zero-order valence-corrected chi connectivity index (χ0v) is 12.8. The molecule has 0 N–H and O–H groups in total. The molecule has 0 unspecified atom stereocenters. The molecule has 0 spiro atoms. The number of pyridine rings is 1. The van der Waals surface area contributed by atoms with Gasteiger partial charge in [-0.2, -0.15) is 0 Å². The van der Waals surface area contributed by atoms with Gasteiger partial charge in [0.2, 0.25) is 0 Å². The number of rotatable bonds is 4. The smallest absolute Gasteiger partial charge is 0.160 e. The van der Waals surface area contributed by atoms with E-state index < -0.39 is 0 Å². The van der Waals surface area contributed by atoms with Gasteiger partial charge in [-0.1, -0.05) is 12.1 Å². The molecule has 2 heterocycles. The van der Waals surface area contributed by atoms with Gasteiger partial charge in [0.25, 0.3) is 0 Å². The molecule has 0 aliphatic rings. The van der Waals surface area contributed by atoms with Gasteiger partial charge in [-0.15, -0.1) is 11.6 Å². The normalized spacial score (nSPS) is 11.0. The van der Waals surface area contributed by atoms with E-state index in [0.717, 1.165) is 33.9 Å². The predicted molar refractivity (Wildman–Crippen MR) is 83.9 cm³/mol. The largest absolute Gasteiger partial charge is 0.497 e. The lowest BCUT2D eigenvalue weighted by atomic mass is 10.2. The maximum atomic E-state index is 6.03. The highest BCUT2D eigenvalue weighted by Crippen LogP contribution is 2.19. The molecular weight excluding hydrogens is 286 g/mol. The molecule has 0 atom stereocenters. The minimum Gasteiger partial charge on any atom is -0.497 e. The van der Waals surface area contributed by atoms with Crippen molar-refractivity contribution in [3.8, 4) is 5.75 Å². The van der Waals surface area contributed by atoms with Crippen molar-refractivity contribution in [3.63, 3.8) is 0 Å². The van der Waals surface area contributed by atoms with Crippen LogP contribution in [0.1, 0.15) is 17.0 Å². The monoisotopic (exact) mass is 301 g/mol. The average molecular weight is 302 g/mol. The van der Waals surface area contributed by atoms with E-state index in [1.807, 2.05) is 43.5 Å². The number of ether oxygens (including phenoxy) is 1. The van der Waals surface area contributed by atoms with Crippen LogP contribution < -0.4 is 4.74 Å². The van der Waals surface area contributed by atoms with Gasteiger partial charge < -0.3 is 9.30 Å². The molecule has 0 aliphatic heterocycles. The van der Waals surface area contributed by atoms with Crippen molar-refractivity contribution in [1.29, 1.82) is 0 Å². The summed E-state index contributed by atoms with van der Waals surface area (Å²) >= 11 is 6.03. The minimum absolute atomic E-state index is 0.367. The van der Waals surface area contributed by atoms with Crippen LogP contribution in [0.4, 0.5) is 0 Å². The van der Waals surface area contributed by atoms with Crippen LogP contribution in [0.15, 0.2) is 36.5 Å². The first-order valence-electron chi connectivity index (χ1n) is 6.72. The Morgan fingerprint density at radius 1 is 1.24 bits per heavy atom. The standard InChI is InChI=1S/C16H16ClN3O/c1-11-7-14-16(18-9-11)20(15(8-17)19-14)10-12-3-5-13(21-2)6-4-12/h3-7,9H,8,10H2,1-2H3. The summed E-state index contributed by atoms with van der Waals surface area (Å²) in [4.78, 5) is 9.06. The quantitative estimate of drug-likeness (QED) is 0.692. The zero-order valence-electron chi connectivity index (χ0n) is 12.0. The van der Waals surface area contributed by atoms with Gasteiger partial charge in [0.1, 0.15) is 17.1 Å². The maximum Gasteiger partial charge on any atom is 0.160 e. The molecule has 108 valence electrons. The summed E-state index contributed by atoms with van der Waals surface area (Å²) in [5, 5.41) is 0. The van der Waals surface area contributed by atoms with Gasteiger partial charge in [-0.05, 0) is 36.2 Å². The average Bonchev–Trinajstić information content (AvgIpc) is 2.85. The summed E-state index contributed by atoms with van der Waals surface area (Å²) in [5.74, 6) is 2.05. The van der Waals surface area contributed by atoms with Crippen molar-refractivity contribution in [2.75, 3.05) is 7.11 Å². The number of methoxy groups -OCH3 is 1. The molecule has 2 aromatic heterocycles. The minimum atomic E-state index is 0.367. The second kappa shape index (κ2) is 5.74. The number of aromatic nitrogens is 3. The molecule has 5 heteroatoms. The first-order valence-corrected chi connectivity index (χ1v) is 7.25. The molecule has 0 amide bonds. The SMILES string of the molecule is COc1ccc(Cn2c(CCl)nc3cc(C)cnc32)cc1. The van der Waals surface area contributed by atoms with Crippen molar-refractivity contribution in [3.05, 3.63) is 53.5 Å². The Morgan fingerprint density at radius 2 is 2.00 bits per heavy atom. The van der Waals surface area contributed by atoms with Gasteiger partial charge in [0, 0.05) is 6.20 Å². The molecule has 0 saturated carbocycles. The van der Waals surface area contributed by atoms with E-state index in [1.54, 1.807) is 7.11 Å². The van der Waals surface area contributed by atoms with Crippen LogP contribution in [0.2, 0.25) is 0 Å². The van der Waals surface area contributed by atoms with E-state index in [1.165, 1.54) is 0 Å². The highest BCUT2D eigenvalue weighted by Gasteiger charge is 2.11. The first-order chi connectivity index (χ1) is 10.2. The number of benzene rings is 1. The second-order valence-electron chi connectivity index (χ2n) is 4.95. The Balaban J connectivity index is 2.01. The van der Waals surface area contributed by atoms with E-state index in [0.29, 0.717) is 12.4 Å². The molecule has 3 aromatic rings. The van der Waals surface area contributed by atoms with Crippen LogP contribution >= 0.6 is 11.6 Å². The maximum absolute atomic E-state index is 6.03. The molecule has 4 nitrogen and oxygen atoms in total. The molecule has 0 bridgehead atoms. The summed E-state index contributed by atoms with van der Waals surface area (Å²) in [5.41, 5.74) is 4.01. The molecule has 3 rings (SSSR count). The number of hydrogen-bond donors (Lipinski definition) is 0. The summed E-state index contributed by atoms with van der Waals surface area (Å²) in [6.07, 6.45) is 1.85. The zero-order chi connectivity index (χ0) is 14.8. The number of hydrogen-bond acceptors (Lipinski definition) is 3. The van der Waals surface area contributed by atoms with Crippen molar-refractivity contribution in [2.24, 2.45) is 0 Å². The molecule has 1 aromatic carbocycles. The van der Waals surface area contributed by atoms with Crippen LogP contribution in [0, 0.1) is 6.92 Å². The highest BCUT2D eigenvalue weighted by molar-refractivity contribution is 6.16. The van der Waals surface area contributed by atoms with Crippen molar-refractivity contribution >= 4 is 22.8 Å². The van der Waals surface area contributed by atoms with E-state index in [2.05, 4.69) is 14.5 Å². The van der Waals surface area contributed by atoms with Crippen LogP contribution in [0.3, 0.4) is 0 Å². The number of aryl methyl sites for hydroxylation is 1. The van der Waals surface area contributed by atoms with Crippen molar-refractivity contribution in [2.45, 2.75) is 19.3 Å². The van der Waals surface area contributed by atoms with Gasteiger partial charge in [-0.25, -0.2) is 9.97 Å². The number of imidazole rings is 1. The Hall–Kier alpha value is -2.07. The van der Waals surface area contributed by atoms with Gasteiger partial charge in [0.05, 0.1) is 19.5 Å². The first kappa shape index (κ1) is 13.9. The third-order valence-electron chi connectivity index (χ3n) is 3.42. The Kier molecular flexibility index (Phi) is 3.80. The summed E-state index contributed by atoms with van der Waals surface area (Å²) in [6, 6.07) is 10.0. The van der Waals surface area contributed by atoms with Crippen molar-refractivity contribution < 1.29 is 4.74 Å². The topological polar surface area (TPSA) is 39.9 Å². The number of alkyl halides is 1. The molecule has 0 radical (unpaired) electrons. The summed E-state index contributed by atoms with van der Waals surface area (Å²) < 4.78 is 7.24. The Labute approximate surface area is 128 Å². The lowest BCUT2D eigenvalue weighted by molar-refractivity contribution is 0.414. The third kappa shape index (κ3) is 2.72. The highest BCUT2D eigenvalue weighted by atomic mass is 35.5. The fourth-order valence-electron chi connectivity index (χ4n) is 2.34. The Morgan fingerprint density at radius 3 is 2.67 bits per heavy atom. The van der Waals surface area contributed by atoms with E-state index in [4.69, 9.17) is 16.3 Å². The number of nitrogens with zero attached hydrogens (tertiary/aromatic N) is 3. The van der Waals surface area contributed by atoms with E-state index >= 15 is 0 Å². The Bertz CT molecular complexity index is 765. The van der Waals surface area contributed by atoms with Crippen molar-refractivity contribution in [1.82, 2.24) is 14.5 Å². The summed E-state index contributed by atoms with van der Waals surface area (Å²) in [6.45, 7) is 2.70. The summed E-state index contributed by atoms with van der Waals surface area (Å²) in [7, 11) is 1.66. The second-order valence-corrected chi connectivity index (χ2v) is 5.22. The van der Waals surface area contributed by atoms with E-state index in [9.17, 15) is 0 Å². The van der Waals surface area contributed by atoms with Gasteiger partial charge in [0.15, 0.2) is 5.65 Å². The molecule has 0 saturated heterocycles. The fourth-order valence-corrected chi connectivity index (χ4v) is 2.54. The van der Waals surface area contributed by atoms with Gasteiger partial charge in [-0.3, -0.25) is 0 Å². The number of fused-ring (bicyclic) bond motifs is 1.